The fraction of sp³-hybridized carbons (Fsp3) is 0.556. The highest BCUT2D eigenvalue weighted by Crippen LogP contribution is 2.31. The second kappa shape index (κ2) is 6.69. The maximum Gasteiger partial charge on any atom is 0.232 e. The largest absolute Gasteiger partial charge is 0.339 e. The molecule has 0 bridgehead atoms. The van der Waals surface area contributed by atoms with Gasteiger partial charge in [0.25, 0.3) is 0 Å². The van der Waals surface area contributed by atoms with Gasteiger partial charge in [-0.1, -0.05) is 12.8 Å². The first-order valence-corrected chi connectivity index (χ1v) is 8.46. The molecule has 1 unspecified atom stereocenters. The molecule has 0 aromatic heterocycles. The van der Waals surface area contributed by atoms with Crippen LogP contribution in [-0.4, -0.2) is 35.8 Å². The van der Waals surface area contributed by atoms with Crippen molar-refractivity contribution in [1.82, 2.24) is 4.90 Å². The molecule has 1 saturated heterocycles. The zero-order chi connectivity index (χ0) is 16.4. The number of likely N-dealkylation sites (tertiary alicyclic amines) is 1. The number of amides is 2. The molecule has 124 valence electrons. The standard InChI is InChI=1S/C18H23FN2O2/c1-2-20(16-9-7-14(19)8-10-16)18(23)13-11-17(22)21(12-13)15-5-3-4-6-15/h7-10,13,15H,2-6,11-12H2,1H3. The van der Waals surface area contributed by atoms with Crippen LogP contribution in [0.1, 0.15) is 39.0 Å². The Morgan fingerprint density at radius 1 is 1.26 bits per heavy atom. The van der Waals surface area contributed by atoms with Gasteiger partial charge in [-0.05, 0) is 44.0 Å². The number of halogens is 1. The van der Waals surface area contributed by atoms with E-state index < -0.39 is 0 Å². The molecular formula is C18H23FN2O2. The Bertz CT molecular complexity index is 581. The van der Waals surface area contributed by atoms with Crippen LogP contribution in [0, 0.1) is 11.7 Å². The summed E-state index contributed by atoms with van der Waals surface area (Å²) in [4.78, 5) is 28.7. The number of rotatable bonds is 4. The highest BCUT2D eigenvalue weighted by Gasteiger charge is 2.40. The molecule has 0 radical (unpaired) electrons. The number of carbonyl (C=O) groups is 2. The van der Waals surface area contributed by atoms with Crippen LogP contribution in [0.4, 0.5) is 10.1 Å². The van der Waals surface area contributed by atoms with Crippen LogP contribution in [-0.2, 0) is 9.59 Å². The number of anilines is 1. The van der Waals surface area contributed by atoms with E-state index in [-0.39, 0.29) is 23.5 Å². The van der Waals surface area contributed by atoms with Crippen molar-refractivity contribution in [3.05, 3.63) is 30.1 Å². The predicted octanol–water partition coefficient (Wildman–Crippen LogP) is 2.97. The van der Waals surface area contributed by atoms with E-state index in [4.69, 9.17) is 0 Å². The Labute approximate surface area is 136 Å². The van der Waals surface area contributed by atoms with Crippen LogP contribution in [0.5, 0.6) is 0 Å². The normalized spacial score (nSPS) is 21.9. The molecule has 1 aliphatic carbocycles. The molecule has 2 fully saturated rings. The third-order valence-electron chi connectivity index (χ3n) is 4.99. The zero-order valence-electron chi connectivity index (χ0n) is 13.5. The van der Waals surface area contributed by atoms with Crippen LogP contribution < -0.4 is 4.90 Å². The van der Waals surface area contributed by atoms with Crippen molar-refractivity contribution in [3.63, 3.8) is 0 Å². The maximum atomic E-state index is 13.1. The Morgan fingerprint density at radius 2 is 1.91 bits per heavy atom. The topological polar surface area (TPSA) is 40.6 Å². The summed E-state index contributed by atoms with van der Waals surface area (Å²) in [6.07, 6.45) is 4.75. The first-order valence-electron chi connectivity index (χ1n) is 8.46. The second-order valence-electron chi connectivity index (χ2n) is 6.44. The second-order valence-corrected chi connectivity index (χ2v) is 6.44. The molecule has 2 amide bonds. The van der Waals surface area contributed by atoms with E-state index in [1.54, 1.807) is 17.0 Å². The van der Waals surface area contributed by atoms with Gasteiger partial charge in [0.2, 0.25) is 11.8 Å². The molecule has 4 nitrogen and oxygen atoms in total. The highest BCUT2D eigenvalue weighted by molar-refractivity contribution is 5.99. The lowest BCUT2D eigenvalue weighted by atomic mass is 10.1. The number of nitrogens with zero attached hydrogens (tertiary/aromatic N) is 2. The maximum absolute atomic E-state index is 13.1. The van der Waals surface area contributed by atoms with Gasteiger partial charge in [0.15, 0.2) is 0 Å². The van der Waals surface area contributed by atoms with Gasteiger partial charge in [0.1, 0.15) is 5.82 Å². The van der Waals surface area contributed by atoms with Gasteiger partial charge in [-0.15, -0.1) is 0 Å². The van der Waals surface area contributed by atoms with E-state index >= 15 is 0 Å². The molecule has 1 atom stereocenters. The van der Waals surface area contributed by atoms with Crippen LogP contribution in [0.15, 0.2) is 24.3 Å². The summed E-state index contributed by atoms with van der Waals surface area (Å²) in [5.74, 6) is -0.535. The summed E-state index contributed by atoms with van der Waals surface area (Å²) >= 11 is 0. The lowest BCUT2D eigenvalue weighted by molar-refractivity contribution is -0.130. The zero-order valence-corrected chi connectivity index (χ0v) is 13.5. The van der Waals surface area contributed by atoms with Gasteiger partial charge in [-0.25, -0.2) is 4.39 Å². The minimum Gasteiger partial charge on any atom is -0.339 e. The smallest absolute Gasteiger partial charge is 0.232 e. The number of carbonyl (C=O) groups excluding carboxylic acids is 2. The Hall–Kier alpha value is -1.91. The first-order chi connectivity index (χ1) is 11.1. The lowest BCUT2D eigenvalue weighted by Gasteiger charge is -2.26. The molecule has 1 heterocycles. The van der Waals surface area contributed by atoms with Gasteiger partial charge in [-0.2, -0.15) is 0 Å². The lowest BCUT2D eigenvalue weighted by Crippen LogP contribution is -2.39. The Kier molecular flexibility index (Phi) is 4.64. The number of benzene rings is 1. The van der Waals surface area contributed by atoms with Crippen molar-refractivity contribution in [2.24, 2.45) is 5.92 Å². The molecular weight excluding hydrogens is 295 g/mol. The summed E-state index contributed by atoms with van der Waals surface area (Å²) < 4.78 is 13.1. The van der Waals surface area contributed by atoms with E-state index in [0.717, 1.165) is 12.8 Å². The third kappa shape index (κ3) is 3.23. The van der Waals surface area contributed by atoms with Crippen LogP contribution in [0.25, 0.3) is 0 Å². The minimum absolute atomic E-state index is 0.0343. The number of hydrogen-bond donors (Lipinski definition) is 0. The SMILES string of the molecule is CCN(C(=O)C1CC(=O)N(C2CCCC2)C1)c1ccc(F)cc1. The van der Waals surface area contributed by atoms with E-state index in [9.17, 15) is 14.0 Å². The summed E-state index contributed by atoms with van der Waals surface area (Å²) in [5.41, 5.74) is 0.686. The summed E-state index contributed by atoms with van der Waals surface area (Å²) in [7, 11) is 0. The van der Waals surface area contributed by atoms with Gasteiger partial charge >= 0.3 is 0 Å². The van der Waals surface area contributed by atoms with E-state index in [1.807, 2.05) is 11.8 Å². The van der Waals surface area contributed by atoms with E-state index in [2.05, 4.69) is 0 Å². The molecule has 0 spiro atoms. The highest BCUT2D eigenvalue weighted by atomic mass is 19.1. The average Bonchev–Trinajstić information content (AvgIpc) is 3.19. The molecule has 1 aliphatic heterocycles. The quantitative estimate of drug-likeness (QED) is 0.856. The molecule has 23 heavy (non-hydrogen) atoms. The van der Waals surface area contributed by atoms with Gasteiger partial charge in [0.05, 0.1) is 5.92 Å². The number of hydrogen-bond acceptors (Lipinski definition) is 2. The van der Waals surface area contributed by atoms with Crippen molar-refractivity contribution in [2.45, 2.75) is 45.1 Å². The van der Waals surface area contributed by atoms with Crippen LogP contribution in [0.3, 0.4) is 0 Å². The molecule has 1 aromatic rings. The molecule has 3 rings (SSSR count). The first kappa shape index (κ1) is 16.0. The van der Waals surface area contributed by atoms with Crippen LogP contribution in [0.2, 0.25) is 0 Å². The van der Waals surface area contributed by atoms with E-state index in [1.165, 1.54) is 25.0 Å². The molecule has 0 N–H and O–H groups in total. The van der Waals surface area contributed by atoms with E-state index in [0.29, 0.717) is 31.2 Å². The molecule has 1 saturated carbocycles. The minimum atomic E-state index is -0.319. The molecule has 5 heteroatoms. The van der Waals surface area contributed by atoms with Gasteiger partial charge in [0, 0.05) is 31.2 Å². The third-order valence-corrected chi connectivity index (χ3v) is 4.99. The fourth-order valence-corrected chi connectivity index (χ4v) is 3.77. The summed E-state index contributed by atoms with van der Waals surface area (Å²) in [5, 5.41) is 0. The van der Waals surface area contributed by atoms with Gasteiger partial charge in [-0.3, -0.25) is 9.59 Å². The molecule has 2 aliphatic rings. The van der Waals surface area contributed by atoms with Crippen molar-refractivity contribution in [1.29, 1.82) is 0 Å². The fourth-order valence-electron chi connectivity index (χ4n) is 3.77. The monoisotopic (exact) mass is 318 g/mol. The van der Waals surface area contributed by atoms with Gasteiger partial charge < -0.3 is 9.80 Å². The predicted molar refractivity (Wildman–Crippen MR) is 86.5 cm³/mol. The van der Waals surface area contributed by atoms with Crippen LogP contribution >= 0.6 is 0 Å². The summed E-state index contributed by atoms with van der Waals surface area (Å²) in [6.45, 7) is 2.94. The van der Waals surface area contributed by atoms with Crippen molar-refractivity contribution in [3.8, 4) is 0 Å². The van der Waals surface area contributed by atoms with Crippen molar-refractivity contribution in [2.75, 3.05) is 18.0 Å². The van der Waals surface area contributed by atoms with Crippen molar-refractivity contribution >= 4 is 17.5 Å². The Balaban J connectivity index is 1.71. The Morgan fingerprint density at radius 3 is 2.52 bits per heavy atom. The van der Waals surface area contributed by atoms with Crippen molar-refractivity contribution < 1.29 is 14.0 Å². The average molecular weight is 318 g/mol. The summed E-state index contributed by atoms with van der Waals surface area (Å²) in [6, 6.07) is 6.26. The molecule has 1 aromatic carbocycles.